The molecule has 0 bridgehead atoms. The summed E-state index contributed by atoms with van der Waals surface area (Å²) in [6.07, 6.45) is -1.62. The van der Waals surface area contributed by atoms with E-state index >= 15 is 0 Å². The number of hydroxylamine groups is 2. The van der Waals surface area contributed by atoms with E-state index < -0.39 is 23.4 Å². The Morgan fingerprint density at radius 3 is 1.29 bits per heavy atom. The van der Waals surface area contributed by atoms with Gasteiger partial charge in [-0.15, -0.1) is 4.94 Å². The Bertz CT molecular complexity index is 249. The van der Waals surface area contributed by atoms with E-state index in [0.29, 0.717) is 0 Å². The molecule has 0 fully saturated rings. The zero-order valence-corrected chi connectivity index (χ0v) is 11.0. The van der Waals surface area contributed by atoms with E-state index in [9.17, 15) is 9.59 Å². The minimum Gasteiger partial charge on any atom is -0.442 e. The SMILES string of the molecule is CC(C)(C)OC(=O)NONC(=O)OC(C)(C)C. The van der Waals surface area contributed by atoms with Gasteiger partial charge in [-0.25, -0.2) is 9.59 Å². The van der Waals surface area contributed by atoms with Gasteiger partial charge in [0.15, 0.2) is 0 Å². The maximum atomic E-state index is 11.1. The Hall–Kier alpha value is -1.50. The minimum absolute atomic E-state index is 0.640. The molecule has 7 nitrogen and oxygen atoms in total. The van der Waals surface area contributed by atoms with E-state index in [0.717, 1.165) is 0 Å². The predicted octanol–water partition coefficient (Wildman–Crippen LogP) is 1.88. The van der Waals surface area contributed by atoms with E-state index in [1.54, 1.807) is 41.5 Å². The highest BCUT2D eigenvalue weighted by atomic mass is 16.8. The molecular formula is C10H20N2O5. The number of nitrogens with one attached hydrogen (secondary N) is 2. The van der Waals surface area contributed by atoms with Crippen molar-refractivity contribution in [3.05, 3.63) is 0 Å². The van der Waals surface area contributed by atoms with Crippen LogP contribution < -0.4 is 11.0 Å². The first-order valence-electron chi connectivity index (χ1n) is 5.13. The molecule has 0 heterocycles. The van der Waals surface area contributed by atoms with Crippen molar-refractivity contribution in [3.8, 4) is 0 Å². The van der Waals surface area contributed by atoms with Crippen molar-refractivity contribution in [1.82, 2.24) is 11.0 Å². The number of hydrogen-bond acceptors (Lipinski definition) is 5. The monoisotopic (exact) mass is 248 g/mol. The van der Waals surface area contributed by atoms with Crippen LogP contribution in [0.4, 0.5) is 9.59 Å². The highest BCUT2D eigenvalue weighted by molar-refractivity contribution is 5.68. The molecule has 0 aromatic carbocycles. The fourth-order valence-corrected chi connectivity index (χ4v) is 0.707. The molecule has 0 radical (unpaired) electrons. The van der Waals surface area contributed by atoms with Crippen LogP contribution in [0, 0.1) is 0 Å². The van der Waals surface area contributed by atoms with Crippen LogP contribution in [0.15, 0.2) is 0 Å². The third-order valence-corrected chi connectivity index (χ3v) is 1.07. The molecule has 0 rings (SSSR count). The van der Waals surface area contributed by atoms with Crippen molar-refractivity contribution in [3.63, 3.8) is 0 Å². The van der Waals surface area contributed by atoms with Gasteiger partial charge in [0, 0.05) is 0 Å². The Morgan fingerprint density at radius 2 is 1.06 bits per heavy atom. The maximum absolute atomic E-state index is 11.1. The molecular weight excluding hydrogens is 228 g/mol. The number of carbonyl (C=O) groups excluding carboxylic acids is 2. The topological polar surface area (TPSA) is 85.9 Å². The number of carbonyl (C=O) groups is 2. The van der Waals surface area contributed by atoms with Gasteiger partial charge in [-0.2, -0.15) is 11.0 Å². The van der Waals surface area contributed by atoms with Crippen LogP contribution in [0.3, 0.4) is 0 Å². The number of ether oxygens (including phenoxy) is 2. The lowest BCUT2D eigenvalue weighted by molar-refractivity contribution is -0.0583. The van der Waals surface area contributed by atoms with E-state index in [4.69, 9.17) is 9.47 Å². The molecule has 2 N–H and O–H groups in total. The van der Waals surface area contributed by atoms with Crippen molar-refractivity contribution < 1.29 is 24.0 Å². The normalized spacial score (nSPS) is 11.6. The molecule has 2 amide bonds. The van der Waals surface area contributed by atoms with Gasteiger partial charge in [0.1, 0.15) is 11.2 Å². The second kappa shape index (κ2) is 5.72. The average Bonchev–Trinajstić information content (AvgIpc) is 1.95. The highest BCUT2D eigenvalue weighted by Gasteiger charge is 2.18. The zero-order valence-electron chi connectivity index (χ0n) is 11.0. The minimum atomic E-state index is -0.812. The third-order valence-electron chi connectivity index (χ3n) is 1.07. The lowest BCUT2D eigenvalue weighted by atomic mass is 10.2. The molecule has 0 aromatic rings. The van der Waals surface area contributed by atoms with Crippen molar-refractivity contribution in [1.29, 1.82) is 0 Å². The summed E-state index contributed by atoms with van der Waals surface area (Å²) >= 11 is 0. The lowest BCUT2D eigenvalue weighted by Crippen LogP contribution is -2.40. The van der Waals surface area contributed by atoms with Crippen LogP contribution in [-0.2, 0) is 14.4 Å². The summed E-state index contributed by atoms with van der Waals surface area (Å²) in [6, 6.07) is 0. The molecule has 0 saturated heterocycles. The van der Waals surface area contributed by atoms with Crippen LogP contribution in [0.2, 0.25) is 0 Å². The smallest absolute Gasteiger partial charge is 0.433 e. The Balaban J connectivity index is 3.78. The maximum Gasteiger partial charge on any atom is 0.433 e. The molecule has 7 heteroatoms. The fourth-order valence-electron chi connectivity index (χ4n) is 0.707. The predicted molar refractivity (Wildman–Crippen MR) is 59.8 cm³/mol. The number of amides is 2. The molecule has 0 aliphatic rings. The van der Waals surface area contributed by atoms with E-state index in [-0.39, 0.29) is 0 Å². The fraction of sp³-hybridized carbons (Fsp3) is 0.800. The molecule has 0 atom stereocenters. The molecule has 100 valence electrons. The van der Waals surface area contributed by atoms with Gasteiger partial charge in [-0.1, -0.05) is 0 Å². The van der Waals surface area contributed by atoms with E-state index in [1.807, 2.05) is 11.0 Å². The summed E-state index contributed by atoms with van der Waals surface area (Å²) in [5, 5.41) is 0. The van der Waals surface area contributed by atoms with Crippen LogP contribution in [0.1, 0.15) is 41.5 Å². The van der Waals surface area contributed by atoms with Gasteiger partial charge in [0.05, 0.1) is 0 Å². The van der Waals surface area contributed by atoms with Crippen molar-refractivity contribution in [2.75, 3.05) is 0 Å². The molecule has 0 aliphatic carbocycles. The largest absolute Gasteiger partial charge is 0.442 e. The van der Waals surface area contributed by atoms with Crippen LogP contribution in [0.25, 0.3) is 0 Å². The Kier molecular flexibility index (Phi) is 5.21. The van der Waals surface area contributed by atoms with E-state index in [2.05, 4.69) is 4.94 Å². The van der Waals surface area contributed by atoms with Gasteiger partial charge >= 0.3 is 12.2 Å². The number of hydrogen-bond donors (Lipinski definition) is 2. The summed E-state index contributed by atoms with van der Waals surface area (Å²) in [5.74, 6) is 0. The van der Waals surface area contributed by atoms with Crippen LogP contribution >= 0.6 is 0 Å². The summed E-state index contributed by atoms with van der Waals surface area (Å²) in [7, 11) is 0. The standard InChI is InChI=1S/C10H20N2O5/c1-9(2,3)15-7(13)11-17-12-8(14)16-10(4,5)6/h1-6H3,(H,11,13)(H,12,14). The highest BCUT2D eigenvalue weighted by Crippen LogP contribution is 2.07. The van der Waals surface area contributed by atoms with Crippen molar-refractivity contribution in [2.45, 2.75) is 52.7 Å². The third kappa shape index (κ3) is 10.8. The van der Waals surface area contributed by atoms with Crippen LogP contribution in [0.5, 0.6) is 0 Å². The van der Waals surface area contributed by atoms with Gasteiger partial charge < -0.3 is 9.47 Å². The van der Waals surface area contributed by atoms with Gasteiger partial charge in [0.2, 0.25) is 0 Å². The first-order valence-corrected chi connectivity index (χ1v) is 5.13. The molecule has 0 spiro atoms. The average molecular weight is 248 g/mol. The zero-order chi connectivity index (χ0) is 13.7. The first-order chi connectivity index (χ1) is 7.49. The van der Waals surface area contributed by atoms with Crippen molar-refractivity contribution in [2.24, 2.45) is 0 Å². The summed E-state index contributed by atoms with van der Waals surface area (Å²) < 4.78 is 9.71. The molecule has 0 unspecified atom stereocenters. The molecule has 0 saturated carbocycles. The summed E-state index contributed by atoms with van der Waals surface area (Å²) in [4.78, 5) is 26.5. The van der Waals surface area contributed by atoms with Gasteiger partial charge in [-0.3, -0.25) is 0 Å². The number of rotatable bonds is 2. The van der Waals surface area contributed by atoms with Gasteiger partial charge in [-0.05, 0) is 41.5 Å². The molecule has 0 aromatic heterocycles. The molecule has 17 heavy (non-hydrogen) atoms. The van der Waals surface area contributed by atoms with E-state index in [1.165, 1.54) is 0 Å². The quantitative estimate of drug-likeness (QED) is 0.729. The molecule has 0 aliphatic heterocycles. The Morgan fingerprint density at radius 1 is 0.765 bits per heavy atom. The summed E-state index contributed by atoms with van der Waals surface area (Å²) in [5.41, 5.74) is 2.49. The second-order valence-electron chi connectivity index (χ2n) is 5.31. The Labute approximate surface area is 101 Å². The summed E-state index contributed by atoms with van der Waals surface area (Å²) in [6.45, 7) is 10.2. The first kappa shape index (κ1) is 15.5. The van der Waals surface area contributed by atoms with Crippen LogP contribution in [-0.4, -0.2) is 23.4 Å². The van der Waals surface area contributed by atoms with Gasteiger partial charge in [0.25, 0.3) is 0 Å². The lowest BCUT2D eigenvalue weighted by Gasteiger charge is -2.20. The second-order valence-corrected chi connectivity index (χ2v) is 5.31. The van der Waals surface area contributed by atoms with Crippen molar-refractivity contribution >= 4 is 12.2 Å².